The van der Waals surface area contributed by atoms with E-state index in [9.17, 15) is 17.6 Å². The van der Waals surface area contributed by atoms with Crippen LogP contribution in [0.15, 0.2) is 53.4 Å². The molecule has 29 heavy (non-hydrogen) atoms. The summed E-state index contributed by atoms with van der Waals surface area (Å²) in [5.41, 5.74) is 1.60. The van der Waals surface area contributed by atoms with Gasteiger partial charge in [0.15, 0.2) is 0 Å². The summed E-state index contributed by atoms with van der Waals surface area (Å²) in [5, 5.41) is 0. The molecular formula is C22H26FNO4S. The first-order chi connectivity index (χ1) is 13.9. The first-order valence-electron chi connectivity index (χ1n) is 9.90. The van der Waals surface area contributed by atoms with E-state index in [1.165, 1.54) is 12.1 Å². The Morgan fingerprint density at radius 3 is 2.28 bits per heavy atom. The van der Waals surface area contributed by atoms with Crippen molar-refractivity contribution in [1.29, 1.82) is 0 Å². The number of piperidine rings is 1. The van der Waals surface area contributed by atoms with E-state index >= 15 is 0 Å². The zero-order valence-electron chi connectivity index (χ0n) is 16.5. The first kappa shape index (κ1) is 21.5. The number of hydrogen-bond acceptors (Lipinski definition) is 4. The van der Waals surface area contributed by atoms with Gasteiger partial charge in [0.25, 0.3) is 0 Å². The number of ether oxygens (including phenoxy) is 1. The summed E-state index contributed by atoms with van der Waals surface area (Å²) < 4.78 is 45.3. The number of nitrogens with zero attached hydrogens (tertiary/aromatic N) is 1. The van der Waals surface area contributed by atoms with Crippen LogP contribution in [-0.2, 0) is 26.0 Å². The van der Waals surface area contributed by atoms with Gasteiger partial charge in [0.2, 0.25) is 10.0 Å². The Morgan fingerprint density at radius 1 is 1.03 bits per heavy atom. The standard InChI is InChI=1S/C22H26FNO4S/c1-17(19-8-10-20(23)11-9-19)28-22(25)14-7-18-5-12-21(13-6-18)29(26,27)24-15-3-2-4-16-24/h5-6,8-13,17H,2-4,7,14-16H2,1H3/t17-/m1/s1. The normalized spacial score (nSPS) is 16.3. The van der Waals surface area contributed by atoms with E-state index in [1.54, 1.807) is 47.6 Å². The summed E-state index contributed by atoms with van der Waals surface area (Å²) in [6.07, 6.45) is 3.05. The number of aryl methyl sites for hydroxylation is 1. The molecule has 1 saturated heterocycles. The van der Waals surface area contributed by atoms with E-state index in [4.69, 9.17) is 4.74 Å². The highest BCUT2D eigenvalue weighted by Crippen LogP contribution is 2.22. The van der Waals surface area contributed by atoms with Crippen molar-refractivity contribution in [2.24, 2.45) is 0 Å². The molecule has 0 aromatic heterocycles. The van der Waals surface area contributed by atoms with Gasteiger partial charge in [-0.2, -0.15) is 4.31 Å². The fraction of sp³-hybridized carbons (Fsp3) is 0.409. The number of carbonyl (C=O) groups excluding carboxylic acids is 1. The summed E-state index contributed by atoms with van der Waals surface area (Å²) in [6, 6.07) is 12.5. The second kappa shape index (κ2) is 9.50. The topological polar surface area (TPSA) is 63.7 Å². The average molecular weight is 420 g/mol. The minimum Gasteiger partial charge on any atom is -0.458 e. The Morgan fingerprint density at radius 2 is 1.66 bits per heavy atom. The molecule has 7 heteroatoms. The Labute approximate surface area is 171 Å². The van der Waals surface area contributed by atoms with Crippen LogP contribution < -0.4 is 0 Å². The van der Waals surface area contributed by atoms with Crippen molar-refractivity contribution >= 4 is 16.0 Å². The molecule has 1 atom stereocenters. The third kappa shape index (κ3) is 5.64. The molecule has 0 spiro atoms. The molecule has 156 valence electrons. The quantitative estimate of drug-likeness (QED) is 0.630. The van der Waals surface area contributed by atoms with Crippen molar-refractivity contribution in [2.45, 2.75) is 50.0 Å². The van der Waals surface area contributed by atoms with Crippen LogP contribution in [-0.4, -0.2) is 31.8 Å². The fourth-order valence-electron chi connectivity index (χ4n) is 3.39. The molecule has 1 fully saturated rings. The van der Waals surface area contributed by atoms with E-state index in [0.29, 0.717) is 19.5 Å². The van der Waals surface area contributed by atoms with Gasteiger partial charge >= 0.3 is 5.97 Å². The smallest absolute Gasteiger partial charge is 0.306 e. The van der Waals surface area contributed by atoms with E-state index in [-0.39, 0.29) is 23.1 Å². The van der Waals surface area contributed by atoms with Crippen molar-refractivity contribution in [3.63, 3.8) is 0 Å². The molecule has 0 saturated carbocycles. The van der Waals surface area contributed by atoms with Gasteiger partial charge in [-0.3, -0.25) is 4.79 Å². The van der Waals surface area contributed by atoms with Crippen LogP contribution in [0.4, 0.5) is 4.39 Å². The number of esters is 1. The Hall–Kier alpha value is -2.25. The Kier molecular flexibility index (Phi) is 7.03. The lowest BCUT2D eigenvalue weighted by Gasteiger charge is -2.25. The van der Waals surface area contributed by atoms with Gasteiger partial charge in [-0.15, -0.1) is 0 Å². The molecule has 2 aromatic rings. The molecule has 0 aliphatic carbocycles. The van der Waals surface area contributed by atoms with Crippen molar-refractivity contribution in [2.75, 3.05) is 13.1 Å². The average Bonchev–Trinajstić information content (AvgIpc) is 2.73. The highest BCUT2D eigenvalue weighted by Gasteiger charge is 2.25. The maximum Gasteiger partial charge on any atom is 0.306 e. The van der Waals surface area contributed by atoms with Crippen LogP contribution in [0.1, 0.15) is 49.8 Å². The van der Waals surface area contributed by atoms with Crippen molar-refractivity contribution in [1.82, 2.24) is 4.31 Å². The third-order valence-corrected chi connectivity index (χ3v) is 7.05. The summed E-state index contributed by atoms with van der Waals surface area (Å²) in [6.45, 7) is 2.88. The lowest BCUT2D eigenvalue weighted by molar-refractivity contribution is -0.148. The number of hydrogen-bond donors (Lipinski definition) is 0. The van der Waals surface area contributed by atoms with Gasteiger partial charge in [0.1, 0.15) is 11.9 Å². The molecule has 1 aliphatic rings. The molecular weight excluding hydrogens is 393 g/mol. The lowest BCUT2D eigenvalue weighted by Crippen LogP contribution is -2.35. The van der Waals surface area contributed by atoms with Gasteiger partial charge in [0.05, 0.1) is 4.90 Å². The number of halogens is 1. The van der Waals surface area contributed by atoms with E-state index in [2.05, 4.69) is 0 Å². The van der Waals surface area contributed by atoms with Gasteiger partial charge in [-0.05, 0) is 61.6 Å². The summed E-state index contributed by atoms with van der Waals surface area (Å²) >= 11 is 0. The Bertz CT molecular complexity index is 920. The second-order valence-corrected chi connectivity index (χ2v) is 9.23. The molecule has 0 radical (unpaired) electrons. The minimum absolute atomic E-state index is 0.184. The highest BCUT2D eigenvalue weighted by atomic mass is 32.2. The van der Waals surface area contributed by atoms with E-state index in [0.717, 1.165) is 30.4 Å². The van der Waals surface area contributed by atoms with Gasteiger partial charge in [0, 0.05) is 19.5 Å². The van der Waals surface area contributed by atoms with Crippen LogP contribution in [0.5, 0.6) is 0 Å². The van der Waals surface area contributed by atoms with Crippen LogP contribution in [0.3, 0.4) is 0 Å². The van der Waals surface area contributed by atoms with Crippen LogP contribution in [0.2, 0.25) is 0 Å². The van der Waals surface area contributed by atoms with Crippen molar-refractivity contribution in [3.05, 3.63) is 65.5 Å². The maximum atomic E-state index is 13.0. The summed E-state index contributed by atoms with van der Waals surface area (Å²) in [7, 11) is -3.44. The molecule has 0 bridgehead atoms. The molecule has 1 aliphatic heterocycles. The van der Waals surface area contributed by atoms with Crippen LogP contribution in [0.25, 0.3) is 0 Å². The molecule has 0 N–H and O–H groups in total. The fourth-order valence-corrected chi connectivity index (χ4v) is 4.90. The maximum absolute atomic E-state index is 13.0. The van der Waals surface area contributed by atoms with E-state index < -0.39 is 16.1 Å². The molecule has 5 nitrogen and oxygen atoms in total. The summed E-state index contributed by atoms with van der Waals surface area (Å²) in [4.78, 5) is 12.4. The Balaban J connectivity index is 1.53. The largest absolute Gasteiger partial charge is 0.458 e. The zero-order valence-corrected chi connectivity index (χ0v) is 17.3. The molecule has 1 heterocycles. The number of carbonyl (C=O) groups is 1. The summed E-state index contributed by atoms with van der Waals surface area (Å²) in [5.74, 6) is -0.690. The highest BCUT2D eigenvalue weighted by molar-refractivity contribution is 7.89. The van der Waals surface area contributed by atoms with Crippen LogP contribution in [0, 0.1) is 5.82 Å². The molecule has 0 unspecified atom stereocenters. The predicted octanol–water partition coefficient (Wildman–Crippen LogP) is 4.24. The second-order valence-electron chi connectivity index (χ2n) is 7.29. The van der Waals surface area contributed by atoms with Gasteiger partial charge in [-0.1, -0.05) is 30.7 Å². The third-order valence-electron chi connectivity index (χ3n) is 5.14. The van der Waals surface area contributed by atoms with Gasteiger partial charge < -0.3 is 4.74 Å². The molecule has 0 amide bonds. The number of rotatable bonds is 7. The monoisotopic (exact) mass is 419 g/mol. The number of sulfonamides is 1. The van der Waals surface area contributed by atoms with E-state index in [1.807, 2.05) is 0 Å². The number of benzene rings is 2. The van der Waals surface area contributed by atoms with Crippen molar-refractivity contribution in [3.8, 4) is 0 Å². The van der Waals surface area contributed by atoms with Crippen LogP contribution >= 0.6 is 0 Å². The lowest BCUT2D eigenvalue weighted by atomic mass is 10.1. The first-order valence-corrected chi connectivity index (χ1v) is 11.3. The molecule has 3 rings (SSSR count). The minimum atomic E-state index is -3.44. The van der Waals surface area contributed by atoms with Crippen molar-refractivity contribution < 1.29 is 22.3 Å². The van der Waals surface area contributed by atoms with Gasteiger partial charge in [-0.25, -0.2) is 12.8 Å². The SMILES string of the molecule is C[C@@H](OC(=O)CCc1ccc(S(=O)(=O)N2CCCCC2)cc1)c1ccc(F)cc1. The molecule has 2 aromatic carbocycles. The predicted molar refractivity (Wildman–Crippen MR) is 108 cm³/mol. The zero-order chi connectivity index (χ0) is 20.9.